The molecule has 0 aromatic heterocycles. The molecule has 0 saturated heterocycles. The van der Waals surface area contributed by atoms with Crippen LogP contribution in [0.5, 0.6) is 0 Å². The summed E-state index contributed by atoms with van der Waals surface area (Å²) < 4.78 is 0. The van der Waals surface area contributed by atoms with Gasteiger partial charge in [0.2, 0.25) is 5.91 Å². The molecule has 0 aliphatic heterocycles. The molecule has 0 spiro atoms. The molecule has 4 unspecified atom stereocenters. The molecule has 3 nitrogen and oxygen atoms in total. The van der Waals surface area contributed by atoms with Crippen molar-refractivity contribution < 1.29 is 4.79 Å². The number of nitrogens with one attached hydrogen (secondary N) is 1. The largest absolute Gasteiger partial charge is 0.382 e. The SMILES string of the molecule is CC(Nc1ccccc1CC(N)=O)C1CC2C=CC1C2. The maximum Gasteiger partial charge on any atom is 0.221 e. The van der Waals surface area contributed by atoms with Gasteiger partial charge in [0.1, 0.15) is 0 Å². The fraction of sp³-hybridized carbons (Fsp3) is 0.471. The number of carbonyl (C=O) groups is 1. The number of hydrogen-bond acceptors (Lipinski definition) is 2. The summed E-state index contributed by atoms with van der Waals surface area (Å²) in [5, 5.41) is 3.60. The van der Waals surface area contributed by atoms with E-state index < -0.39 is 0 Å². The highest BCUT2D eigenvalue weighted by molar-refractivity contribution is 5.78. The predicted octanol–water partition coefficient (Wildman–Crippen LogP) is 2.73. The van der Waals surface area contributed by atoms with Crippen molar-refractivity contribution in [3.63, 3.8) is 0 Å². The Balaban J connectivity index is 1.71. The van der Waals surface area contributed by atoms with Gasteiger partial charge in [-0.25, -0.2) is 0 Å². The van der Waals surface area contributed by atoms with Crippen LogP contribution in [0.1, 0.15) is 25.3 Å². The van der Waals surface area contributed by atoms with E-state index in [0.29, 0.717) is 18.4 Å². The molecule has 1 aromatic carbocycles. The van der Waals surface area contributed by atoms with Gasteiger partial charge in [-0.05, 0) is 49.1 Å². The van der Waals surface area contributed by atoms with Gasteiger partial charge in [-0.1, -0.05) is 30.4 Å². The fourth-order valence-electron chi connectivity index (χ4n) is 3.75. The second-order valence-corrected chi connectivity index (χ2v) is 6.18. The van der Waals surface area contributed by atoms with Crippen molar-refractivity contribution in [3.8, 4) is 0 Å². The van der Waals surface area contributed by atoms with Crippen LogP contribution in [0, 0.1) is 17.8 Å². The van der Waals surface area contributed by atoms with Crippen LogP contribution in [0.15, 0.2) is 36.4 Å². The van der Waals surface area contributed by atoms with Crippen LogP contribution in [-0.2, 0) is 11.2 Å². The lowest BCUT2D eigenvalue weighted by molar-refractivity contribution is -0.117. The lowest BCUT2D eigenvalue weighted by atomic mass is 9.87. The van der Waals surface area contributed by atoms with Crippen molar-refractivity contribution >= 4 is 11.6 Å². The topological polar surface area (TPSA) is 55.1 Å². The third-order valence-electron chi connectivity index (χ3n) is 4.74. The number of primary amides is 1. The van der Waals surface area contributed by atoms with Crippen molar-refractivity contribution in [3.05, 3.63) is 42.0 Å². The van der Waals surface area contributed by atoms with E-state index in [1.165, 1.54) is 12.8 Å². The highest BCUT2D eigenvalue weighted by atomic mass is 16.1. The minimum absolute atomic E-state index is 0.283. The summed E-state index contributed by atoms with van der Waals surface area (Å²) in [6.07, 6.45) is 7.65. The monoisotopic (exact) mass is 270 g/mol. The Morgan fingerprint density at radius 3 is 2.80 bits per heavy atom. The average molecular weight is 270 g/mol. The number of benzene rings is 1. The molecule has 3 N–H and O–H groups in total. The lowest BCUT2D eigenvalue weighted by Crippen LogP contribution is -2.29. The Morgan fingerprint density at radius 1 is 1.35 bits per heavy atom. The molecular formula is C17H22N2O. The van der Waals surface area contributed by atoms with Gasteiger partial charge in [0.05, 0.1) is 6.42 Å². The molecule has 1 saturated carbocycles. The molecule has 20 heavy (non-hydrogen) atoms. The Labute approximate surface area is 120 Å². The fourth-order valence-corrected chi connectivity index (χ4v) is 3.75. The number of nitrogens with two attached hydrogens (primary N) is 1. The molecule has 2 aliphatic carbocycles. The second-order valence-electron chi connectivity index (χ2n) is 6.18. The summed E-state index contributed by atoms with van der Waals surface area (Å²) in [7, 11) is 0. The minimum atomic E-state index is -0.283. The highest BCUT2D eigenvalue weighted by Gasteiger charge is 2.38. The molecule has 1 aromatic rings. The van der Waals surface area contributed by atoms with Gasteiger partial charge in [-0.3, -0.25) is 4.79 Å². The maximum atomic E-state index is 11.2. The first kappa shape index (κ1) is 13.2. The van der Waals surface area contributed by atoms with E-state index in [-0.39, 0.29) is 5.91 Å². The van der Waals surface area contributed by atoms with Crippen molar-refractivity contribution in [2.75, 3.05) is 5.32 Å². The molecule has 3 rings (SSSR count). The van der Waals surface area contributed by atoms with Gasteiger partial charge >= 0.3 is 0 Å². The number of allylic oxidation sites excluding steroid dienone is 2. The number of fused-ring (bicyclic) bond motifs is 2. The second kappa shape index (κ2) is 5.31. The Morgan fingerprint density at radius 2 is 2.15 bits per heavy atom. The van der Waals surface area contributed by atoms with Gasteiger partial charge in [0.25, 0.3) is 0 Å². The van der Waals surface area contributed by atoms with Gasteiger partial charge in [0.15, 0.2) is 0 Å². The lowest BCUT2D eigenvalue weighted by Gasteiger charge is -2.28. The van der Waals surface area contributed by atoms with Crippen LogP contribution in [-0.4, -0.2) is 11.9 Å². The van der Waals surface area contributed by atoms with Crippen molar-refractivity contribution in [2.45, 2.75) is 32.2 Å². The first-order valence-electron chi connectivity index (χ1n) is 7.44. The quantitative estimate of drug-likeness (QED) is 0.808. The Kier molecular flexibility index (Phi) is 3.51. The number of rotatable bonds is 5. The molecule has 0 radical (unpaired) electrons. The zero-order valence-electron chi connectivity index (χ0n) is 11.9. The molecule has 2 aliphatic rings. The van der Waals surface area contributed by atoms with Crippen molar-refractivity contribution in [2.24, 2.45) is 23.5 Å². The molecule has 0 heterocycles. The summed E-state index contributed by atoms with van der Waals surface area (Å²) in [4.78, 5) is 11.2. The number of carbonyl (C=O) groups excluding carboxylic acids is 1. The molecule has 1 fully saturated rings. The Bertz CT molecular complexity index is 538. The van der Waals surface area contributed by atoms with Crippen molar-refractivity contribution in [1.29, 1.82) is 0 Å². The molecule has 4 atom stereocenters. The summed E-state index contributed by atoms with van der Waals surface area (Å²) in [6, 6.07) is 8.39. The van der Waals surface area contributed by atoms with Crippen LogP contribution in [0.2, 0.25) is 0 Å². The van der Waals surface area contributed by atoms with E-state index in [4.69, 9.17) is 5.73 Å². The normalized spacial score (nSPS) is 28.6. The van der Waals surface area contributed by atoms with Gasteiger partial charge in [0, 0.05) is 11.7 Å². The molecule has 3 heteroatoms. The van der Waals surface area contributed by atoms with Gasteiger partial charge in [-0.2, -0.15) is 0 Å². The van der Waals surface area contributed by atoms with Gasteiger partial charge in [-0.15, -0.1) is 0 Å². The zero-order valence-corrected chi connectivity index (χ0v) is 11.9. The predicted molar refractivity (Wildman–Crippen MR) is 81.3 cm³/mol. The maximum absolute atomic E-state index is 11.2. The summed E-state index contributed by atoms with van der Waals surface area (Å²) in [5.74, 6) is 1.93. The first-order chi connectivity index (χ1) is 9.63. The average Bonchev–Trinajstić information content (AvgIpc) is 3.02. The highest BCUT2D eigenvalue weighted by Crippen LogP contribution is 2.45. The van der Waals surface area contributed by atoms with E-state index in [1.807, 2.05) is 24.3 Å². The van der Waals surface area contributed by atoms with E-state index in [0.717, 1.165) is 23.1 Å². The molecular weight excluding hydrogens is 248 g/mol. The van der Waals surface area contributed by atoms with Crippen LogP contribution in [0.3, 0.4) is 0 Å². The molecule has 1 amide bonds. The van der Waals surface area contributed by atoms with E-state index in [9.17, 15) is 4.79 Å². The standard InChI is InChI=1S/C17H22N2O/c1-11(15-9-12-6-7-13(15)8-12)19-16-5-3-2-4-14(16)10-17(18)20/h2-7,11-13,15,19H,8-10H2,1H3,(H2,18,20). The number of hydrogen-bond donors (Lipinski definition) is 2. The third-order valence-corrected chi connectivity index (χ3v) is 4.74. The molecule has 2 bridgehead atoms. The number of para-hydroxylation sites is 1. The summed E-state index contributed by atoms with van der Waals surface area (Å²) >= 11 is 0. The van der Waals surface area contributed by atoms with E-state index >= 15 is 0 Å². The first-order valence-corrected chi connectivity index (χ1v) is 7.44. The van der Waals surface area contributed by atoms with Crippen LogP contribution in [0.4, 0.5) is 5.69 Å². The minimum Gasteiger partial charge on any atom is -0.382 e. The summed E-state index contributed by atoms with van der Waals surface area (Å²) in [6.45, 7) is 2.25. The third kappa shape index (κ3) is 2.58. The molecule has 106 valence electrons. The van der Waals surface area contributed by atoms with Crippen molar-refractivity contribution in [1.82, 2.24) is 0 Å². The zero-order chi connectivity index (χ0) is 14.1. The van der Waals surface area contributed by atoms with E-state index in [1.54, 1.807) is 0 Å². The number of amides is 1. The van der Waals surface area contributed by atoms with Gasteiger partial charge < -0.3 is 11.1 Å². The number of anilines is 1. The van der Waals surface area contributed by atoms with Crippen LogP contribution < -0.4 is 11.1 Å². The smallest absolute Gasteiger partial charge is 0.221 e. The summed E-state index contributed by atoms with van der Waals surface area (Å²) in [5.41, 5.74) is 7.36. The van der Waals surface area contributed by atoms with Crippen LogP contribution in [0.25, 0.3) is 0 Å². The van der Waals surface area contributed by atoms with Crippen LogP contribution >= 0.6 is 0 Å². The van der Waals surface area contributed by atoms with E-state index in [2.05, 4.69) is 24.4 Å². The Hall–Kier alpha value is -1.77.